The van der Waals surface area contributed by atoms with E-state index in [1.165, 1.54) is 5.06 Å². The number of hydroxylamine groups is 1. The van der Waals surface area contributed by atoms with Crippen LogP contribution in [0.25, 0.3) is 21.0 Å². The number of hydrogen-bond acceptors (Lipinski definition) is 9. The second-order valence-electron chi connectivity index (χ2n) is 7.36. The summed E-state index contributed by atoms with van der Waals surface area (Å²) < 4.78 is 19.5. The van der Waals surface area contributed by atoms with E-state index >= 15 is 0 Å². The fraction of sp³-hybridized carbons (Fsp3) is 0.500. The number of thiazole rings is 1. The van der Waals surface area contributed by atoms with Crippen LogP contribution in [0.4, 0.5) is 11.5 Å². The molecule has 2 aromatic heterocycles. The quantitative estimate of drug-likeness (QED) is 0.660. The molecule has 1 N–H and O–H groups in total. The lowest BCUT2D eigenvalue weighted by Gasteiger charge is -2.29. The van der Waals surface area contributed by atoms with Crippen LogP contribution in [0.5, 0.6) is 5.75 Å². The topological polar surface area (TPSA) is 85.1 Å². The Morgan fingerprint density at radius 3 is 2.77 bits per heavy atom. The predicted molar refractivity (Wildman–Crippen MR) is 115 cm³/mol. The summed E-state index contributed by atoms with van der Waals surface area (Å²) >= 11 is 1.59. The summed E-state index contributed by atoms with van der Waals surface area (Å²) in [4.78, 5) is 12.1. The van der Waals surface area contributed by atoms with E-state index in [-0.39, 0.29) is 6.73 Å². The second-order valence-corrected chi connectivity index (χ2v) is 8.36. The maximum absolute atomic E-state index is 10.4. The van der Waals surface area contributed by atoms with Crippen LogP contribution in [-0.2, 0) is 22.6 Å². The Morgan fingerprint density at radius 1 is 1.17 bits per heavy atom. The smallest absolute Gasteiger partial charge is 0.173 e. The first-order chi connectivity index (χ1) is 14.7. The molecular weight excluding hydrogens is 406 g/mol. The zero-order valence-corrected chi connectivity index (χ0v) is 17.9. The molecule has 1 saturated heterocycles. The van der Waals surface area contributed by atoms with Crippen LogP contribution in [0.2, 0.25) is 0 Å². The van der Waals surface area contributed by atoms with Gasteiger partial charge in [-0.1, -0.05) is 0 Å². The molecule has 0 radical (unpaired) electrons. The van der Waals surface area contributed by atoms with Crippen molar-refractivity contribution in [1.82, 2.24) is 14.5 Å². The van der Waals surface area contributed by atoms with Crippen molar-refractivity contribution >= 4 is 33.1 Å². The van der Waals surface area contributed by atoms with E-state index in [2.05, 4.69) is 11.0 Å². The Bertz CT molecular complexity index is 1060. The molecule has 9 nitrogen and oxygen atoms in total. The van der Waals surface area contributed by atoms with E-state index in [9.17, 15) is 5.21 Å². The molecule has 0 atom stereocenters. The van der Waals surface area contributed by atoms with Crippen LogP contribution in [0, 0.1) is 0 Å². The molecule has 0 bridgehead atoms. The van der Waals surface area contributed by atoms with Gasteiger partial charge in [-0.25, -0.2) is 15.0 Å². The minimum atomic E-state index is 0.290. The first-order valence-electron chi connectivity index (χ1n) is 10.1. The first kappa shape index (κ1) is 19.6. The molecule has 0 spiro atoms. The molecule has 10 heteroatoms. The molecule has 0 aliphatic carbocycles. The van der Waals surface area contributed by atoms with Gasteiger partial charge in [0, 0.05) is 26.7 Å². The molecule has 2 aliphatic heterocycles. The van der Waals surface area contributed by atoms with Gasteiger partial charge >= 0.3 is 0 Å². The number of morpholine rings is 1. The number of imidazole rings is 1. The molecule has 1 aromatic carbocycles. The summed E-state index contributed by atoms with van der Waals surface area (Å²) in [5.74, 6) is 2.14. The van der Waals surface area contributed by atoms with E-state index in [1.54, 1.807) is 25.6 Å². The number of benzene rings is 1. The van der Waals surface area contributed by atoms with Crippen molar-refractivity contribution in [2.24, 2.45) is 0 Å². The van der Waals surface area contributed by atoms with Gasteiger partial charge in [0.15, 0.2) is 16.6 Å². The number of ether oxygens (including phenoxy) is 3. The van der Waals surface area contributed by atoms with E-state index < -0.39 is 0 Å². The first-order valence-corrected chi connectivity index (χ1v) is 10.9. The van der Waals surface area contributed by atoms with Gasteiger partial charge < -0.3 is 19.1 Å². The van der Waals surface area contributed by atoms with Crippen LogP contribution in [0.1, 0.15) is 12.1 Å². The zero-order valence-electron chi connectivity index (χ0n) is 17.1. The van der Waals surface area contributed by atoms with Crippen LogP contribution in [0.3, 0.4) is 0 Å². The number of nitrogens with zero attached hydrogens (tertiary/aromatic N) is 5. The highest BCUT2D eigenvalue weighted by Gasteiger charge is 2.28. The lowest BCUT2D eigenvalue weighted by atomic mass is 10.2. The van der Waals surface area contributed by atoms with Gasteiger partial charge in [-0.2, -0.15) is 0 Å². The fourth-order valence-electron chi connectivity index (χ4n) is 4.15. The summed E-state index contributed by atoms with van der Waals surface area (Å²) in [7, 11) is 3.30. The zero-order chi connectivity index (χ0) is 20.7. The lowest BCUT2D eigenvalue weighted by molar-refractivity contribution is 0.123. The van der Waals surface area contributed by atoms with Crippen LogP contribution in [-0.4, -0.2) is 66.8 Å². The molecule has 4 heterocycles. The number of hydrogen-bond donors (Lipinski definition) is 1. The third-order valence-electron chi connectivity index (χ3n) is 5.55. The predicted octanol–water partition coefficient (Wildman–Crippen LogP) is 2.75. The molecule has 3 aromatic rings. The van der Waals surface area contributed by atoms with E-state index in [0.717, 1.165) is 71.5 Å². The van der Waals surface area contributed by atoms with Gasteiger partial charge in [-0.15, -0.1) is 11.3 Å². The normalized spacial score (nSPS) is 16.9. The van der Waals surface area contributed by atoms with Crippen molar-refractivity contribution in [2.75, 3.05) is 57.0 Å². The highest BCUT2D eigenvalue weighted by Crippen LogP contribution is 2.42. The van der Waals surface area contributed by atoms with Crippen molar-refractivity contribution in [1.29, 1.82) is 0 Å². The van der Waals surface area contributed by atoms with Crippen molar-refractivity contribution in [2.45, 2.75) is 19.6 Å². The van der Waals surface area contributed by atoms with E-state index in [1.807, 2.05) is 10.6 Å². The maximum atomic E-state index is 10.4. The standard InChI is InChI=1S/C20H25N5O4S/c1-27-12-24-18(21-13-4-3-7-25(26)20(13)24)19-22-16-15(28-2)6-5-14(17(16)30-19)23-8-10-29-11-9-23/h5-6,26H,3-4,7-12H2,1-2H3. The summed E-state index contributed by atoms with van der Waals surface area (Å²) in [6, 6.07) is 4.06. The van der Waals surface area contributed by atoms with Crippen LogP contribution < -0.4 is 14.7 Å². The third kappa shape index (κ3) is 3.20. The summed E-state index contributed by atoms with van der Waals surface area (Å²) in [6.45, 7) is 4.00. The molecule has 0 amide bonds. The van der Waals surface area contributed by atoms with Gasteiger partial charge in [-0.3, -0.25) is 9.77 Å². The monoisotopic (exact) mass is 431 g/mol. The molecule has 2 aliphatic rings. The summed E-state index contributed by atoms with van der Waals surface area (Å²) in [5, 5.41) is 12.5. The molecule has 0 unspecified atom stereocenters. The lowest BCUT2D eigenvalue weighted by Crippen LogP contribution is -2.36. The maximum Gasteiger partial charge on any atom is 0.173 e. The molecule has 160 valence electrons. The number of fused-ring (bicyclic) bond motifs is 2. The van der Waals surface area contributed by atoms with Crippen molar-refractivity contribution in [3.8, 4) is 16.6 Å². The minimum Gasteiger partial charge on any atom is -0.494 e. The SMILES string of the molecule is COCn1c(-c2nc3c(OC)ccc(N4CCOCC4)c3s2)nc2c1N(O)CCC2. The van der Waals surface area contributed by atoms with Gasteiger partial charge in [0.2, 0.25) is 0 Å². The average molecular weight is 432 g/mol. The van der Waals surface area contributed by atoms with Gasteiger partial charge in [0.05, 0.1) is 36.4 Å². The van der Waals surface area contributed by atoms with Crippen LogP contribution >= 0.6 is 11.3 Å². The molecule has 1 fully saturated rings. The summed E-state index contributed by atoms with van der Waals surface area (Å²) in [6.07, 6.45) is 1.69. The molecule has 5 rings (SSSR count). The number of anilines is 2. The number of rotatable bonds is 5. The Kier molecular flexibility index (Phi) is 5.23. The van der Waals surface area contributed by atoms with Gasteiger partial charge in [0.1, 0.15) is 18.0 Å². The Labute approximate surface area is 178 Å². The van der Waals surface area contributed by atoms with Crippen molar-refractivity contribution in [3.05, 3.63) is 17.8 Å². The van der Waals surface area contributed by atoms with Crippen LogP contribution in [0.15, 0.2) is 12.1 Å². The number of methoxy groups -OCH3 is 2. The van der Waals surface area contributed by atoms with Gasteiger partial charge in [0.25, 0.3) is 0 Å². The van der Waals surface area contributed by atoms with Crippen molar-refractivity contribution < 1.29 is 19.4 Å². The van der Waals surface area contributed by atoms with E-state index in [4.69, 9.17) is 24.2 Å². The minimum absolute atomic E-state index is 0.290. The van der Waals surface area contributed by atoms with Gasteiger partial charge in [-0.05, 0) is 25.0 Å². The Hall–Kier alpha value is -2.40. The second kappa shape index (κ2) is 8.03. The Balaban J connectivity index is 1.67. The molecular formula is C20H25N5O4S. The highest BCUT2D eigenvalue weighted by atomic mass is 32.1. The molecule has 30 heavy (non-hydrogen) atoms. The molecule has 0 saturated carbocycles. The average Bonchev–Trinajstić information content (AvgIpc) is 3.37. The number of aryl methyl sites for hydroxylation is 1. The third-order valence-corrected chi connectivity index (χ3v) is 6.62. The number of aromatic nitrogens is 3. The van der Waals surface area contributed by atoms with E-state index in [0.29, 0.717) is 18.2 Å². The summed E-state index contributed by atoms with van der Waals surface area (Å²) in [5.41, 5.74) is 2.83. The van der Waals surface area contributed by atoms with Crippen molar-refractivity contribution in [3.63, 3.8) is 0 Å². The highest BCUT2D eigenvalue weighted by molar-refractivity contribution is 7.22. The Morgan fingerprint density at radius 2 is 2.00 bits per heavy atom. The largest absolute Gasteiger partial charge is 0.494 e. The fourth-order valence-corrected chi connectivity index (χ4v) is 5.27.